The standard InChI is InChI=1S/C25H33N5O3S/c1-25(2)12-11-19-20(14-25)28-29-22(19)24(31)27-18-15-26-30(16-18)23(17-8-4-3-5-9-17)21-10-6-7-13-34(21,32)33/h3-5,8-9,15-16,21,23,32-33H,6-7,10-14H2,1-2H3,(H,27,31)(H,28,29). The maximum atomic E-state index is 13.1. The Morgan fingerprint density at radius 2 is 2.06 bits per heavy atom. The van der Waals surface area contributed by atoms with Crippen molar-refractivity contribution in [3.05, 3.63) is 65.2 Å². The Balaban J connectivity index is 1.40. The summed E-state index contributed by atoms with van der Waals surface area (Å²) in [4.78, 5) is 13.1. The molecule has 182 valence electrons. The molecular weight excluding hydrogens is 450 g/mol. The number of anilines is 1. The Labute approximate surface area is 201 Å². The number of nitrogens with one attached hydrogen (secondary N) is 2. The van der Waals surface area contributed by atoms with E-state index in [0.717, 1.165) is 55.3 Å². The first kappa shape index (κ1) is 23.1. The lowest BCUT2D eigenvalue weighted by Crippen LogP contribution is -2.34. The average molecular weight is 484 g/mol. The molecule has 4 N–H and O–H groups in total. The summed E-state index contributed by atoms with van der Waals surface area (Å²) in [7, 11) is -2.75. The third-order valence-electron chi connectivity index (χ3n) is 7.18. The molecule has 34 heavy (non-hydrogen) atoms. The Kier molecular flexibility index (Phi) is 6.03. The summed E-state index contributed by atoms with van der Waals surface area (Å²) >= 11 is 0. The van der Waals surface area contributed by atoms with Crippen LogP contribution >= 0.6 is 10.6 Å². The van der Waals surface area contributed by atoms with Crippen molar-refractivity contribution in [1.29, 1.82) is 0 Å². The van der Waals surface area contributed by atoms with E-state index in [1.165, 1.54) is 0 Å². The van der Waals surface area contributed by atoms with Gasteiger partial charge < -0.3 is 5.32 Å². The zero-order valence-electron chi connectivity index (χ0n) is 19.7. The van der Waals surface area contributed by atoms with Crippen LogP contribution in [0.25, 0.3) is 0 Å². The number of carbonyl (C=O) groups is 1. The van der Waals surface area contributed by atoms with Crippen LogP contribution in [0.2, 0.25) is 0 Å². The van der Waals surface area contributed by atoms with E-state index in [0.29, 0.717) is 17.1 Å². The summed E-state index contributed by atoms with van der Waals surface area (Å²) in [5.41, 5.74) is 4.23. The largest absolute Gasteiger partial charge is 0.318 e. The molecule has 1 saturated heterocycles. The number of amides is 1. The van der Waals surface area contributed by atoms with Crippen molar-refractivity contribution in [3.63, 3.8) is 0 Å². The molecule has 2 unspecified atom stereocenters. The minimum Gasteiger partial charge on any atom is -0.318 e. The highest BCUT2D eigenvalue weighted by Crippen LogP contribution is 2.55. The van der Waals surface area contributed by atoms with Gasteiger partial charge >= 0.3 is 0 Å². The average Bonchev–Trinajstić information content (AvgIpc) is 3.42. The lowest BCUT2D eigenvalue weighted by atomic mass is 9.76. The summed E-state index contributed by atoms with van der Waals surface area (Å²) < 4.78 is 23.5. The Morgan fingerprint density at radius 1 is 1.26 bits per heavy atom. The van der Waals surface area contributed by atoms with Gasteiger partial charge in [0.2, 0.25) is 0 Å². The highest BCUT2D eigenvalue weighted by atomic mass is 32.3. The predicted octanol–water partition coefficient (Wildman–Crippen LogP) is 5.27. The zero-order chi connectivity index (χ0) is 23.9. The van der Waals surface area contributed by atoms with E-state index in [-0.39, 0.29) is 22.6 Å². The van der Waals surface area contributed by atoms with Gasteiger partial charge in [0.25, 0.3) is 5.91 Å². The highest BCUT2D eigenvalue weighted by Gasteiger charge is 2.38. The van der Waals surface area contributed by atoms with Gasteiger partial charge in [-0.15, -0.1) is 0 Å². The molecule has 5 rings (SSSR count). The Morgan fingerprint density at radius 3 is 2.82 bits per heavy atom. The minimum atomic E-state index is -2.75. The number of nitrogens with zero attached hydrogens (tertiary/aromatic N) is 3. The van der Waals surface area contributed by atoms with Crippen molar-refractivity contribution in [2.75, 3.05) is 11.1 Å². The van der Waals surface area contributed by atoms with Crippen molar-refractivity contribution in [1.82, 2.24) is 20.0 Å². The third kappa shape index (κ3) is 4.52. The molecule has 1 aliphatic heterocycles. The number of aromatic nitrogens is 4. The van der Waals surface area contributed by atoms with Gasteiger partial charge in [-0.2, -0.15) is 20.8 Å². The number of rotatable bonds is 5. The van der Waals surface area contributed by atoms with E-state index >= 15 is 0 Å². The second-order valence-electron chi connectivity index (χ2n) is 10.3. The maximum Gasteiger partial charge on any atom is 0.276 e. The molecule has 0 bridgehead atoms. The van der Waals surface area contributed by atoms with Crippen LogP contribution in [0.5, 0.6) is 0 Å². The van der Waals surface area contributed by atoms with Crippen molar-refractivity contribution in [3.8, 4) is 0 Å². The highest BCUT2D eigenvalue weighted by molar-refractivity contribution is 8.24. The first-order valence-electron chi connectivity index (χ1n) is 11.9. The Bertz CT molecular complexity index is 1170. The lowest BCUT2D eigenvalue weighted by Gasteiger charge is -2.47. The molecule has 9 heteroatoms. The monoisotopic (exact) mass is 483 g/mol. The van der Waals surface area contributed by atoms with E-state index in [4.69, 9.17) is 0 Å². The van der Waals surface area contributed by atoms with E-state index in [9.17, 15) is 13.9 Å². The lowest BCUT2D eigenvalue weighted by molar-refractivity contribution is 0.102. The number of fused-ring (bicyclic) bond motifs is 1. The molecule has 1 fully saturated rings. The van der Waals surface area contributed by atoms with Crippen LogP contribution in [0.15, 0.2) is 42.7 Å². The molecule has 8 nitrogen and oxygen atoms in total. The van der Waals surface area contributed by atoms with Crippen LogP contribution in [0, 0.1) is 5.41 Å². The molecule has 1 aliphatic carbocycles. The topological polar surface area (TPSA) is 116 Å². The normalized spacial score (nSPS) is 23.0. The van der Waals surface area contributed by atoms with Crippen molar-refractivity contribution < 1.29 is 13.9 Å². The molecule has 2 aliphatic rings. The van der Waals surface area contributed by atoms with Gasteiger partial charge in [0.1, 0.15) is 0 Å². The van der Waals surface area contributed by atoms with Gasteiger partial charge in [0.05, 0.1) is 23.2 Å². The van der Waals surface area contributed by atoms with Gasteiger partial charge in [-0.3, -0.25) is 23.7 Å². The van der Waals surface area contributed by atoms with Crippen LogP contribution in [0.4, 0.5) is 5.69 Å². The van der Waals surface area contributed by atoms with Gasteiger partial charge in [0.15, 0.2) is 5.69 Å². The van der Waals surface area contributed by atoms with Crippen molar-refractivity contribution in [2.45, 2.75) is 63.7 Å². The van der Waals surface area contributed by atoms with Gasteiger partial charge in [-0.25, -0.2) is 0 Å². The summed E-state index contributed by atoms with van der Waals surface area (Å²) in [6.07, 6.45) is 8.63. The SMILES string of the molecule is CC1(C)CCc2c(C(=O)Nc3cnn(C(c4ccccc4)C4CCCCS4(O)O)c3)n[nH]c2C1. The third-order valence-corrected chi connectivity index (χ3v) is 9.53. The molecule has 0 radical (unpaired) electrons. The summed E-state index contributed by atoms with van der Waals surface area (Å²) in [6.45, 7) is 4.46. The molecule has 2 aromatic heterocycles. The van der Waals surface area contributed by atoms with Gasteiger partial charge in [0, 0.05) is 23.2 Å². The van der Waals surface area contributed by atoms with E-state index in [2.05, 4.69) is 34.5 Å². The molecule has 1 aromatic carbocycles. The molecular formula is C25H33N5O3S. The summed E-state index contributed by atoms with van der Waals surface area (Å²) in [5, 5.41) is 14.5. The van der Waals surface area contributed by atoms with E-state index in [1.54, 1.807) is 17.1 Å². The number of hydrogen-bond acceptors (Lipinski definition) is 5. The molecule has 0 spiro atoms. The minimum absolute atomic E-state index is 0.205. The number of carbonyl (C=O) groups excluding carboxylic acids is 1. The predicted molar refractivity (Wildman–Crippen MR) is 135 cm³/mol. The first-order chi connectivity index (χ1) is 16.2. The summed E-state index contributed by atoms with van der Waals surface area (Å²) in [6, 6.07) is 9.51. The maximum absolute atomic E-state index is 13.1. The van der Waals surface area contributed by atoms with Crippen LogP contribution < -0.4 is 5.32 Å². The van der Waals surface area contributed by atoms with Gasteiger partial charge in [-0.1, -0.05) is 44.2 Å². The van der Waals surface area contributed by atoms with Crippen molar-refractivity contribution >= 4 is 22.2 Å². The molecule has 1 amide bonds. The number of hydrogen-bond donors (Lipinski definition) is 4. The fourth-order valence-electron chi connectivity index (χ4n) is 5.33. The molecule has 3 heterocycles. The second-order valence-corrected chi connectivity index (χ2v) is 12.8. The van der Waals surface area contributed by atoms with E-state index < -0.39 is 10.6 Å². The van der Waals surface area contributed by atoms with Crippen LogP contribution in [-0.4, -0.2) is 46.0 Å². The quantitative estimate of drug-likeness (QED) is 0.395. The number of aromatic amines is 1. The number of H-pyrrole nitrogens is 1. The second kappa shape index (κ2) is 8.87. The van der Waals surface area contributed by atoms with Gasteiger partial charge in [-0.05, 0) is 49.5 Å². The van der Waals surface area contributed by atoms with Crippen molar-refractivity contribution in [2.24, 2.45) is 5.41 Å². The smallest absolute Gasteiger partial charge is 0.276 e. The Hall–Kier alpha value is -2.62. The fraction of sp³-hybridized carbons (Fsp3) is 0.480. The first-order valence-corrected chi connectivity index (χ1v) is 13.7. The van der Waals surface area contributed by atoms with Crippen LogP contribution in [0.3, 0.4) is 0 Å². The zero-order valence-corrected chi connectivity index (χ0v) is 20.5. The molecule has 0 saturated carbocycles. The fourth-order valence-corrected chi connectivity index (χ4v) is 7.50. The molecule has 3 aromatic rings. The summed E-state index contributed by atoms with van der Waals surface area (Å²) in [5.74, 6) is 0.169. The van der Waals surface area contributed by atoms with Crippen LogP contribution in [-0.2, 0) is 12.8 Å². The van der Waals surface area contributed by atoms with Crippen LogP contribution in [0.1, 0.15) is 72.9 Å². The number of benzene rings is 1. The van der Waals surface area contributed by atoms with E-state index in [1.807, 2.05) is 30.3 Å². The molecule has 2 atom stereocenters.